The van der Waals surface area contributed by atoms with Crippen LogP contribution in [0.4, 0.5) is 5.69 Å². The van der Waals surface area contributed by atoms with Crippen LogP contribution in [-0.2, 0) is 19.3 Å². The summed E-state index contributed by atoms with van der Waals surface area (Å²) in [6.07, 6.45) is 4.44. The topological polar surface area (TPSA) is 47.6 Å². The monoisotopic (exact) mass is 343 g/mol. The molecule has 2 aromatic rings. The minimum atomic E-state index is -0.0682. The Balaban J connectivity index is 1.60. The molecule has 0 fully saturated rings. The van der Waals surface area contributed by atoms with E-state index in [0.717, 1.165) is 35.5 Å². The maximum Gasteiger partial charge on any atom is 0.265 e. The van der Waals surface area contributed by atoms with E-state index in [4.69, 9.17) is 9.47 Å². The van der Waals surface area contributed by atoms with Gasteiger partial charge in [0.05, 0.1) is 17.2 Å². The number of ether oxygens (including phenoxy) is 2. The number of rotatable bonds is 4. The number of carbonyl (C=O) groups excluding carboxylic acids is 1. The predicted molar refractivity (Wildman–Crippen MR) is 95.7 cm³/mol. The number of thiophene rings is 1. The number of hydrogen-bond donors (Lipinski definition) is 1. The lowest BCUT2D eigenvalue weighted by Crippen LogP contribution is -2.12. The molecular formula is C19H21NO3S. The van der Waals surface area contributed by atoms with Gasteiger partial charge < -0.3 is 14.8 Å². The third-order valence-electron chi connectivity index (χ3n) is 4.52. The molecule has 0 radical (unpaired) electrons. The Labute approximate surface area is 145 Å². The van der Waals surface area contributed by atoms with E-state index in [1.54, 1.807) is 11.3 Å². The van der Waals surface area contributed by atoms with E-state index in [1.165, 1.54) is 16.9 Å². The van der Waals surface area contributed by atoms with Crippen molar-refractivity contribution in [2.45, 2.75) is 45.6 Å². The highest BCUT2D eigenvalue weighted by Crippen LogP contribution is 2.38. The Morgan fingerprint density at radius 3 is 3.00 bits per heavy atom. The Bertz CT molecular complexity index is 775. The molecule has 1 aliphatic heterocycles. The molecule has 2 aliphatic rings. The molecule has 24 heavy (non-hydrogen) atoms. The fourth-order valence-corrected chi connectivity index (χ4v) is 4.59. The molecule has 126 valence electrons. The normalized spacial score (nSPS) is 18.0. The van der Waals surface area contributed by atoms with Gasteiger partial charge in [0.2, 0.25) is 0 Å². The molecule has 5 heteroatoms. The second kappa shape index (κ2) is 6.13. The average Bonchev–Trinajstić information content (AvgIpc) is 3.20. The number of anilines is 1. The summed E-state index contributed by atoms with van der Waals surface area (Å²) in [4.78, 5) is 14.8. The standard InChI is InChI=1S/C19H21NO3S/c1-3-22-16-8-13-7-11(2)23-15(13)10-14(16)20-19(21)18-9-12-5-4-6-17(12)24-18/h8-11H,3-7H2,1-2H3,(H,20,21)/t11-/m1/s1. The molecular weight excluding hydrogens is 322 g/mol. The molecule has 1 N–H and O–H groups in total. The van der Waals surface area contributed by atoms with Gasteiger partial charge in [0.15, 0.2) is 0 Å². The van der Waals surface area contributed by atoms with Crippen LogP contribution in [0.15, 0.2) is 18.2 Å². The molecule has 1 aromatic carbocycles. The van der Waals surface area contributed by atoms with Gasteiger partial charge in [0.25, 0.3) is 5.91 Å². The van der Waals surface area contributed by atoms with Gasteiger partial charge in [-0.2, -0.15) is 0 Å². The quantitative estimate of drug-likeness (QED) is 0.904. The van der Waals surface area contributed by atoms with Crippen LogP contribution in [0.3, 0.4) is 0 Å². The fraction of sp³-hybridized carbons (Fsp3) is 0.421. The van der Waals surface area contributed by atoms with Crippen molar-refractivity contribution in [2.75, 3.05) is 11.9 Å². The lowest BCUT2D eigenvalue weighted by Gasteiger charge is -2.13. The van der Waals surface area contributed by atoms with Gasteiger partial charge in [-0.05, 0) is 50.8 Å². The van der Waals surface area contributed by atoms with Crippen molar-refractivity contribution in [2.24, 2.45) is 0 Å². The van der Waals surface area contributed by atoms with E-state index >= 15 is 0 Å². The van der Waals surface area contributed by atoms with Crippen molar-refractivity contribution < 1.29 is 14.3 Å². The third kappa shape index (κ3) is 2.77. The van der Waals surface area contributed by atoms with E-state index in [2.05, 4.69) is 5.32 Å². The highest BCUT2D eigenvalue weighted by Gasteiger charge is 2.24. The van der Waals surface area contributed by atoms with Crippen LogP contribution < -0.4 is 14.8 Å². The summed E-state index contributed by atoms with van der Waals surface area (Å²) in [7, 11) is 0. The second-order valence-electron chi connectivity index (χ2n) is 6.39. The first kappa shape index (κ1) is 15.5. The largest absolute Gasteiger partial charge is 0.492 e. The number of fused-ring (bicyclic) bond motifs is 2. The summed E-state index contributed by atoms with van der Waals surface area (Å²) >= 11 is 1.61. The Hall–Kier alpha value is -2.01. The average molecular weight is 343 g/mol. The molecule has 1 aromatic heterocycles. The number of carbonyl (C=O) groups is 1. The van der Waals surface area contributed by atoms with Gasteiger partial charge in [-0.25, -0.2) is 0 Å². The van der Waals surface area contributed by atoms with E-state index < -0.39 is 0 Å². The SMILES string of the molecule is CCOc1cc2c(cc1NC(=O)c1cc3c(s1)CCC3)O[C@H](C)C2. The highest BCUT2D eigenvalue weighted by atomic mass is 32.1. The molecule has 4 nitrogen and oxygen atoms in total. The highest BCUT2D eigenvalue weighted by molar-refractivity contribution is 7.14. The van der Waals surface area contributed by atoms with Crippen LogP contribution in [0, 0.1) is 0 Å². The number of amides is 1. The van der Waals surface area contributed by atoms with E-state index in [-0.39, 0.29) is 12.0 Å². The van der Waals surface area contributed by atoms with Gasteiger partial charge in [-0.15, -0.1) is 11.3 Å². The zero-order valence-corrected chi connectivity index (χ0v) is 14.8. The molecule has 0 spiro atoms. The minimum absolute atomic E-state index is 0.0682. The smallest absolute Gasteiger partial charge is 0.265 e. The molecule has 2 heterocycles. The van der Waals surface area contributed by atoms with Crippen molar-refractivity contribution in [3.63, 3.8) is 0 Å². The van der Waals surface area contributed by atoms with Gasteiger partial charge >= 0.3 is 0 Å². The van der Waals surface area contributed by atoms with Gasteiger partial charge in [0, 0.05) is 22.9 Å². The Kier molecular flexibility index (Phi) is 3.96. The number of aryl methyl sites for hydroxylation is 2. The van der Waals surface area contributed by atoms with Gasteiger partial charge in [-0.3, -0.25) is 4.79 Å². The first-order valence-electron chi connectivity index (χ1n) is 8.53. The molecule has 1 amide bonds. The zero-order valence-electron chi connectivity index (χ0n) is 14.0. The molecule has 1 aliphatic carbocycles. The first-order valence-corrected chi connectivity index (χ1v) is 9.35. The number of hydrogen-bond acceptors (Lipinski definition) is 4. The fourth-order valence-electron chi connectivity index (χ4n) is 3.44. The van der Waals surface area contributed by atoms with Crippen LogP contribution in [0.25, 0.3) is 0 Å². The van der Waals surface area contributed by atoms with E-state index in [9.17, 15) is 4.79 Å². The van der Waals surface area contributed by atoms with E-state index in [0.29, 0.717) is 18.0 Å². The summed E-state index contributed by atoms with van der Waals surface area (Å²) in [5.74, 6) is 1.49. The predicted octanol–water partition coefficient (Wildman–Crippen LogP) is 4.21. The molecule has 0 bridgehead atoms. The summed E-state index contributed by atoms with van der Waals surface area (Å²) < 4.78 is 11.5. The van der Waals surface area contributed by atoms with Crippen LogP contribution >= 0.6 is 11.3 Å². The maximum absolute atomic E-state index is 12.6. The summed E-state index contributed by atoms with van der Waals surface area (Å²) in [6.45, 7) is 4.55. The maximum atomic E-state index is 12.6. The van der Waals surface area contributed by atoms with Crippen molar-refractivity contribution in [1.29, 1.82) is 0 Å². The van der Waals surface area contributed by atoms with Gasteiger partial charge in [-0.1, -0.05) is 0 Å². The van der Waals surface area contributed by atoms with Crippen molar-refractivity contribution in [3.05, 3.63) is 39.1 Å². The van der Waals surface area contributed by atoms with Crippen molar-refractivity contribution in [1.82, 2.24) is 0 Å². The number of benzene rings is 1. The summed E-state index contributed by atoms with van der Waals surface area (Å²) in [5, 5.41) is 3.01. The van der Waals surface area contributed by atoms with Crippen molar-refractivity contribution in [3.8, 4) is 11.5 Å². The first-order chi connectivity index (χ1) is 11.6. The molecule has 0 saturated heterocycles. The number of nitrogens with one attached hydrogen (secondary N) is 1. The summed E-state index contributed by atoms with van der Waals surface area (Å²) in [5.41, 5.74) is 3.16. The Morgan fingerprint density at radius 2 is 2.21 bits per heavy atom. The lowest BCUT2D eigenvalue weighted by molar-refractivity contribution is 0.103. The van der Waals surface area contributed by atoms with Crippen molar-refractivity contribution >= 4 is 22.9 Å². The lowest BCUT2D eigenvalue weighted by atomic mass is 10.1. The Morgan fingerprint density at radius 1 is 1.33 bits per heavy atom. The van der Waals surface area contributed by atoms with Crippen LogP contribution in [0.2, 0.25) is 0 Å². The van der Waals surface area contributed by atoms with Crippen LogP contribution in [0.5, 0.6) is 11.5 Å². The van der Waals surface area contributed by atoms with E-state index in [1.807, 2.05) is 32.0 Å². The van der Waals surface area contributed by atoms with Gasteiger partial charge in [0.1, 0.15) is 17.6 Å². The molecule has 1 atom stereocenters. The molecule has 4 rings (SSSR count). The summed E-state index contributed by atoms with van der Waals surface area (Å²) in [6, 6.07) is 5.92. The van der Waals surface area contributed by atoms with Crippen LogP contribution in [0.1, 0.15) is 45.9 Å². The second-order valence-corrected chi connectivity index (χ2v) is 7.53. The zero-order chi connectivity index (χ0) is 16.7. The van der Waals surface area contributed by atoms with Crippen LogP contribution in [-0.4, -0.2) is 18.6 Å². The minimum Gasteiger partial charge on any atom is -0.492 e. The molecule has 0 unspecified atom stereocenters. The third-order valence-corrected chi connectivity index (χ3v) is 5.75. The molecule has 0 saturated carbocycles.